The van der Waals surface area contributed by atoms with Crippen molar-refractivity contribution in [3.05, 3.63) is 23.8 Å². The van der Waals surface area contributed by atoms with Gasteiger partial charge in [-0.25, -0.2) is 0 Å². The Morgan fingerprint density at radius 2 is 1.68 bits per heavy atom. The number of aromatic hydroxyl groups is 1. The summed E-state index contributed by atoms with van der Waals surface area (Å²) in [6, 6.07) is 6.11. The van der Waals surface area contributed by atoms with Crippen molar-refractivity contribution in [3.63, 3.8) is 0 Å². The predicted molar refractivity (Wildman–Crippen MR) is 74.6 cm³/mol. The smallest absolute Gasteiger partial charge is 0.500 e. The van der Waals surface area contributed by atoms with E-state index in [0.29, 0.717) is 5.75 Å². The number of rotatable bonds is 8. The zero-order valence-electron chi connectivity index (χ0n) is 11.9. The molecule has 1 rings (SSSR count). The van der Waals surface area contributed by atoms with Crippen LogP contribution >= 0.6 is 0 Å². The molecule has 0 aliphatic carbocycles. The Hall–Kier alpha value is -1.08. The first kappa shape index (κ1) is 16.0. The molecular weight excluding hydrogens is 264 g/mol. The molecule has 0 bridgehead atoms. The van der Waals surface area contributed by atoms with Crippen LogP contribution in [0, 0.1) is 0 Å². The van der Waals surface area contributed by atoms with Gasteiger partial charge < -0.3 is 23.1 Å². The van der Waals surface area contributed by atoms with Crippen LogP contribution < -0.4 is 4.74 Å². The molecule has 0 aromatic heterocycles. The maximum absolute atomic E-state index is 9.53. The minimum Gasteiger partial charge on any atom is -0.504 e. The molecule has 0 atom stereocenters. The van der Waals surface area contributed by atoms with Crippen molar-refractivity contribution >= 4 is 8.80 Å². The van der Waals surface area contributed by atoms with Crippen LogP contribution in [0.2, 0.25) is 6.04 Å². The maximum Gasteiger partial charge on any atom is 0.500 e. The lowest BCUT2D eigenvalue weighted by Gasteiger charge is -2.24. The first-order chi connectivity index (χ1) is 9.10. The van der Waals surface area contributed by atoms with E-state index in [0.717, 1.165) is 24.4 Å². The summed E-state index contributed by atoms with van der Waals surface area (Å²) < 4.78 is 21.2. The fourth-order valence-electron chi connectivity index (χ4n) is 1.94. The first-order valence-corrected chi connectivity index (χ1v) is 8.05. The van der Waals surface area contributed by atoms with Gasteiger partial charge in [-0.15, -0.1) is 0 Å². The molecule has 19 heavy (non-hydrogen) atoms. The quantitative estimate of drug-likeness (QED) is 0.743. The second kappa shape index (κ2) is 7.49. The lowest BCUT2D eigenvalue weighted by molar-refractivity contribution is 0.123. The summed E-state index contributed by atoms with van der Waals surface area (Å²) in [5.41, 5.74) is 1.10. The number of hydrogen-bond acceptors (Lipinski definition) is 5. The molecule has 5 nitrogen and oxygen atoms in total. The van der Waals surface area contributed by atoms with Crippen molar-refractivity contribution in [1.82, 2.24) is 0 Å². The van der Waals surface area contributed by atoms with Crippen molar-refractivity contribution in [1.29, 1.82) is 0 Å². The second-order valence-corrected chi connectivity index (χ2v) is 7.25. The van der Waals surface area contributed by atoms with Crippen LogP contribution in [0.1, 0.15) is 12.0 Å². The van der Waals surface area contributed by atoms with Gasteiger partial charge in [0.05, 0.1) is 7.11 Å². The number of phenols is 1. The Balaban J connectivity index is 2.57. The number of ether oxygens (including phenoxy) is 1. The summed E-state index contributed by atoms with van der Waals surface area (Å²) in [6.07, 6.45) is 1.73. The van der Waals surface area contributed by atoms with Gasteiger partial charge in [0.1, 0.15) is 0 Å². The number of aryl methyl sites for hydroxylation is 1. The normalized spacial score (nSPS) is 11.6. The highest BCUT2D eigenvalue weighted by atomic mass is 28.4. The zero-order valence-corrected chi connectivity index (χ0v) is 12.9. The van der Waals surface area contributed by atoms with Crippen molar-refractivity contribution in [2.45, 2.75) is 18.9 Å². The number of hydrogen-bond donors (Lipinski definition) is 1. The molecule has 0 unspecified atom stereocenters. The minimum absolute atomic E-state index is 0.153. The molecule has 0 aliphatic rings. The number of methoxy groups -OCH3 is 1. The monoisotopic (exact) mass is 286 g/mol. The molecule has 0 saturated heterocycles. The molecule has 108 valence electrons. The molecule has 0 fully saturated rings. The van der Waals surface area contributed by atoms with E-state index in [-0.39, 0.29) is 5.75 Å². The topological polar surface area (TPSA) is 57.2 Å². The Morgan fingerprint density at radius 3 is 2.21 bits per heavy atom. The van der Waals surface area contributed by atoms with Crippen molar-refractivity contribution < 1.29 is 23.1 Å². The third kappa shape index (κ3) is 4.21. The van der Waals surface area contributed by atoms with Crippen LogP contribution in [0.25, 0.3) is 0 Å². The number of phenolic OH excluding ortho intramolecular Hbond substituents is 1. The second-order valence-electron chi connectivity index (χ2n) is 4.16. The van der Waals surface area contributed by atoms with E-state index in [1.165, 1.54) is 7.11 Å². The van der Waals surface area contributed by atoms with Crippen LogP contribution in [-0.2, 0) is 19.7 Å². The van der Waals surface area contributed by atoms with E-state index in [9.17, 15) is 5.11 Å². The molecule has 1 aromatic rings. The largest absolute Gasteiger partial charge is 0.504 e. The van der Waals surface area contributed by atoms with Crippen LogP contribution in [0.3, 0.4) is 0 Å². The number of benzene rings is 1. The molecular formula is C13H22O5Si. The van der Waals surface area contributed by atoms with E-state index in [1.54, 1.807) is 27.4 Å². The molecule has 0 saturated carbocycles. The summed E-state index contributed by atoms with van der Waals surface area (Å²) in [4.78, 5) is 0. The Morgan fingerprint density at radius 1 is 1.05 bits per heavy atom. The predicted octanol–water partition coefficient (Wildman–Crippen LogP) is 2.21. The van der Waals surface area contributed by atoms with E-state index >= 15 is 0 Å². The Kier molecular flexibility index (Phi) is 6.30. The van der Waals surface area contributed by atoms with Gasteiger partial charge in [-0.05, 0) is 30.5 Å². The van der Waals surface area contributed by atoms with E-state index < -0.39 is 8.80 Å². The Labute approximate surface area is 115 Å². The van der Waals surface area contributed by atoms with Gasteiger partial charge in [0.25, 0.3) is 0 Å². The highest BCUT2D eigenvalue weighted by Crippen LogP contribution is 2.27. The molecule has 0 heterocycles. The van der Waals surface area contributed by atoms with Crippen LogP contribution in [-0.4, -0.2) is 42.4 Å². The van der Waals surface area contributed by atoms with Gasteiger partial charge in [-0.1, -0.05) is 6.07 Å². The summed E-state index contributed by atoms with van der Waals surface area (Å²) in [7, 11) is 3.90. The highest BCUT2D eigenvalue weighted by molar-refractivity contribution is 6.60. The molecule has 1 aromatic carbocycles. The van der Waals surface area contributed by atoms with Gasteiger partial charge in [0, 0.05) is 27.4 Å². The lowest BCUT2D eigenvalue weighted by atomic mass is 10.1. The van der Waals surface area contributed by atoms with Gasteiger partial charge in [0.2, 0.25) is 0 Å². The van der Waals surface area contributed by atoms with Crippen LogP contribution in [0.4, 0.5) is 0 Å². The summed E-state index contributed by atoms with van der Waals surface area (Å²) in [5.74, 6) is 0.645. The Bertz CT molecular complexity index is 384. The molecule has 1 N–H and O–H groups in total. The summed E-state index contributed by atoms with van der Waals surface area (Å²) in [6.45, 7) is 0. The fourth-order valence-corrected chi connectivity index (χ4v) is 3.66. The van der Waals surface area contributed by atoms with E-state index in [4.69, 9.17) is 18.0 Å². The molecule has 0 radical (unpaired) electrons. The molecule has 0 aliphatic heterocycles. The maximum atomic E-state index is 9.53. The van der Waals surface area contributed by atoms with Gasteiger partial charge >= 0.3 is 8.80 Å². The van der Waals surface area contributed by atoms with Gasteiger partial charge in [-0.3, -0.25) is 0 Å². The van der Waals surface area contributed by atoms with Crippen LogP contribution in [0.15, 0.2) is 18.2 Å². The first-order valence-electron chi connectivity index (χ1n) is 6.12. The third-order valence-electron chi connectivity index (χ3n) is 3.13. The molecule has 0 spiro atoms. The molecule has 6 heteroatoms. The minimum atomic E-state index is -2.48. The fraction of sp³-hybridized carbons (Fsp3) is 0.538. The highest BCUT2D eigenvalue weighted by Gasteiger charge is 2.36. The average Bonchev–Trinajstić information content (AvgIpc) is 2.46. The van der Waals surface area contributed by atoms with Gasteiger partial charge in [-0.2, -0.15) is 0 Å². The van der Waals surface area contributed by atoms with Crippen LogP contribution in [0.5, 0.6) is 11.5 Å². The average molecular weight is 286 g/mol. The zero-order chi connectivity index (χ0) is 14.3. The lowest BCUT2D eigenvalue weighted by Crippen LogP contribution is -2.42. The standard InChI is InChI=1S/C13H22O5Si/c1-15-13-10-11(7-8-12(13)14)6-5-9-19(16-2,17-3)18-4/h7-8,10,14H,5-6,9H2,1-4H3. The summed E-state index contributed by atoms with van der Waals surface area (Å²) in [5, 5.41) is 9.53. The van der Waals surface area contributed by atoms with Crippen molar-refractivity contribution in [2.75, 3.05) is 28.4 Å². The SMILES string of the molecule is COc1cc(CCC[Si](OC)(OC)OC)ccc1O. The van der Waals surface area contributed by atoms with Gasteiger partial charge in [0.15, 0.2) is 11.5 Å². The van der Waals surface area contributed by atoms with E-state index in [1.807, 2.05) is 12.1 Å². The summed E-state index contributed by atoms with van der Waals surface area (Å²) >= 11 is 0. The van der Waals surface area contributed by atoms with Crippen molar-refractivity contribution in [2.24, 2.45) is 0 Å². The van der Waals surface area contributed by atoms with E-state index in [2.05, 4.69) is 0 Å². The third-order valence-corrected chi connectivity index (χ3v) is 5.96. The molecule has 0 amide bonds. The van der Waals surface area contributed by atoms with Crippen molar-refractivity contribution in [3.8, 4) is 11.5 Å².